The zero-order valence-electron chi connectivity index (χ0n) is 12.1. The van der Waals surface area contributed by atoms with Gasteiger partial charge in [-0.1, -0.05) is 6.92 Å². The van der Waals surface area contributed by atoms with E-state index >= 15 is 0 Å². The highest BCUT2D eigenvalue weighted by Crippen LogP contribution is 2.19. The van der Waals surface area contributed by atoms with Crippen LogP contribution >= 0.6 is 0 Å². The maximum absolute atomic E-state index is 12.4. The van der Waals surface area contributed by atoms with Crippen LogP contribution in [0.4, 0.5) is 0 Å². The third-order valence-electron chi connectivity index (χ3n) is 4.18. The predicted octanol–water partition coefficient (Wildman–Crippen LogP) is -0.341. The van der Waals surface area contributed by atoms with Crippen molar-refractivity contribution in [2.75, 3.05) is 39.3 Å². The van der Waals surface area contributed by atoms with Crippen LogP contribution < -0.4 is 5.73 Å². The largest absolute Gasteiger partial charge is 0.386 e. The Hall–Kier alpha value is -0.700. The van der Waals surface area contributed by atoms with Crippen LogP contribution in [0.15, 0.2) is 0 Å². The van der Waals surface area contributed by atoms with Crippen molar-refractivity contribution in [2.24, 2.45) is 5.73 Å². The highest BCUT2D eigenvalue weighted by atomic mass is 32.2. The van der Waals surface area contributed by atoms with Crippen molar-refractivity contribution in [3.63, 3.8) is 0 Å². The van der Waals surface area contributed by atoms with Gasteiger partial charge < -0.3 is 5.73 Å². The standard InChI is InChI=1S/C12H25N5O2S/c1-2-11(12(13)14)15-7-9-17(10-8-15)20(18,19)16-5-3-4-6-16/h11H,2-10H2,1H3,(H3,13,14). The summed E-state index contributed by atoms with van der Waals surface area (Å²) in [6, 6.07) is -0.0633. The molecule has 0 amide bonds. The molecule has 0 radical (unpaired) electrons. The van der Waals surface area contributed by atoms with Crippen molar-refractivity contribution in [3.8, 4) is 0 Å². The lowest BCUT2D eigenvalue weighted by Gasteiger charge is -2.39. The summed E-state index contributed by atoms with van der Waals surface area (Å²) in [5.74, 6) is 0.170. The summed E-state index contributed by atoms with van der Waals surface area (Å²) in [6.07, 6.45) is 2.71. The zero-order chi connectivity index (χ0) is 14.8. The molecule has 0 aromatic heterocycles. The van der Waals surface area contributed by atoms with Crippen molar-refractivity contribution in [1.29, 1.82) is 5.41 Å². The van der Waals surface area contributed by atoms with Gasteiger partial charge in [0.25, 0.3) is 10.2 Å². The van der Waals surface area contributed by atoms with Crippen molar-refractivity contribution in [3.05, 3.63) is 0 Å². The third-order valence-corrected chi connectivity index (χ3v) is 6.21. The minimum absolute atomic E-state index is 0.0633. The second kappa shape index (κ2) is 6.38. The lowest BCUT2D eigenvalue weighted by atomic mass is 10.1. The van der Waals surface area contributed by atoms with E-state index in [4.69, 9.17) is 11.1 Å². The Morgan fingerprint density at radius 2 is 1.60 bits per heavy atom. The molecule has 116 valence electrons. The van der Waals surface area contributed by atoms with Crippen LogP contribution in [0.2, 0.25) is 0 Å². The highest BCUT2D eigenvalue weighted by Gasteiger charge is 2.35. The van der Waals surface area contributed by atoms with E-state index in [1.165, 1.54) is 0 Å². The maximum atomic E-state index is 12.4. The minimum Gasteiger partial charge on any atom is -0.386 e. The van der Waals surface area contributed by atoms with E-state index in [0.717, 1.165) is 19.3 Å². The average Bonchev–Trinajstić information content (AvgIpc) is 2.94. The summed E-state index contributed by atoms with van der Waals surface area (Å²) < 4.78 is 28.0. The van der Waals surface area contributed by atoms with Crippen molar-refractivity contribution in [2.45, 2.75) is 32.2 Å². The van der Waals surface area contributed by atoms with Gasteiger partial charge in [-0.25, -0.2) is 0 Å². The zero-order valence-corrected chi connectivity index (χ0v) is 12.9. The predicted molar refractivity (Wildman–Crippen MR) is 78.9 cm³/mol. The van der Waals surface area contributed by atoms with Crippen LogP contribution in [0.25, 0.3) is 0 Å². The molecule has 0 aromatic rings. The van der Waals surface area contributed by atoms with Gasteiger partial charge in [-0.05, 0) is 19.3 Å². The van der Waals surface area contributed by atoms with Gasteiger partial charge in [-0.3, -0.25) is 10.3 Å². The fourth-order valence-electron chi connectivity index (χ4n) is 3.00. The van der Waals surface area contributed by atoms with Gasteiger partial charge >= 0.3 is 0 Å². The van der Waals surface area contributed by atoms with Gasteiger partial charge in [0.15, 0.2) is 0 Å². The summed E-state index contributed by atoms with van der Waals surface area (Å²) in [5, 5.41) is 7.59. The second-order valence-electron chi connectivity index (χ2n) is 5.43. The summed E-state index contributed by atoms with van der Waals surface area (Å²) in [7, 11) is -3.28. The molecule has 7 nitrogen and oxygen atoms in total. The van der Waals surface area contributed by atoms with Gasteiger partial charge in [0, 0.05) is 39.3 Å². The number of nitrogens with zero attached hydrogens (tertiary/aromatic N) is 3. The fraction of sp³-hybridized carbons (Fsp3) is 0.917. The van der Waals surface area contributed by atoms with Crippen molar-refractivity contribution < 1.29 is 8.42 Å². The molecule has 8 heteroatoms. The molecule has 2 aliphatic heterocycles. The molecule has 2 rings (SSSR count). The summed E-state index contributed by atoms with van der Waals surface area (Å²) >= 11 is 0. The Morgan fingerprint density at radius 3 is 2.05 bits per heavy atom. The van der Waals surface area contributed by atoms with E-state index in [0.29, 0.717) is 39.3 Å². The molecule has 2 saturated heterocycles. The summed E-state index contributed by atoms with van der Waals surface area (Å²) in [4.78, 5) is 2.11. The van der Waals surface area contributed by atoms with E-state index in [-0.39, 0.29) is 11.9 Å². The van der Waals surface area contributed by atoms with Gasteiger partial charge in [-0.15, -0.1) is 0 Å². The Kier molecular flexibility index (Phi) is 5.00. The van der Waals surface area contributed by atoms with Crippen molar-refractivity contribution >= 4 is 16.0 Å². The monoisotopic (exact) mass is 303 g/mol. The molecule has 0 bridgehead atoms. The average molecular weight is 303 g/mol. The molecule has 0 saturated carbocycles. The number of nitrogens with one attached hydrogen (secondary N) is 1. The first kappa shape index (κ1) is 15.7. The van der Waals surface area contributed by atoms with Crippen LogP contribution in [-0.4, -0.2) is 73.1 Å². The molecular weight excluding hydrogens is 278 g/mol. The van der Waals surface area contributed by atoms with Crippen LogP contribution in [0.3, 0.4) is 0 Å². The molecule has 0 aliphatic carbocycles. The minimum atomic E-state index is -3.28. The number of amidine groups is 1. The fourth-order valence-corrected chi connectivity index (χ4v) is 4.67. The van der Waals surface area contributed by atoms with Crippen LogP contribution in [0.5, 0.6) is 0 Å². The van der Waals surface area contributed by atoms with Crippen molar-refractivity contribution in [1.82, 2.24) is 13.5 Å². The summed E-state index contributed by atoms with van der Waals surface area (Å²) in [6.45, 7) is 5.56. The van der Waals surface area contributed by atoms with Crippen LogP contribution in [0.1, 0.15) is 26.2 Å². The Morgan fingerprint density at radius 1 is 1.10 bits per heavy atom. The molecule has 20 heavy (non-hydrogen) atoms. The number of nitrogens with two attached hydrogens (primary N) is 1. The van der Waals surface area contributed by atoms with Gasteiger partial charge in [0.1, 0.15) is 5.84 Å². The lowest BCUT2D eigenvalue weighted by molar-refractivity contribution is 0.159. The van der Waals surface area contributed by atoms with E-state index in [1.807, 2.05) is 6.92 Å². The molecule has 3 N–H and O–H groups in total. The molecule has 1 atom stereocenters. The maximum Gasteiger partial charge on any atom is 0.282 e. The van der Waals surface area contributed by atoms with Gasteiger partial charge in [-0.2, -0.15) is 17.0 Å². The van der Waals surface area contributed by atoms with Gasteiger partial charge in [0.2, 0.25) is 0 Å². The molecular formula is C12H25N5O2S. The SMILES string of the molecule is CCC(C(=N)N)N1CCN(S(=O)(=O)N2CCCC2)CC1. The van der Waals surface area contributed by atoms with E-state index < -0.39 is 10.2 Å². The molecule has 0 spiro atoms. The number of hydrogen-bond acceptors (Lipinski definition) is 4. The first-order chi connectivity index (χ1) is 9.46. The Balaban J connectivity index is 1.95. The summed E-state index contributed by atoms with van der Waals surface area (Å²) in [5.41, 5.74) is 5.60. The molecule has 1 unspecified atom stereocenters. The third kappa shape index (κ3) is 3.13. The number of piperazine rings is 1. The first-order valence-electron chi connectivity index (χ1n) is 7.30. The van der Waals surface area contributed by atoms with E-state index in [2.05, 4.69) is 4.90 Å². The molecule has 0 aromatic carbocycles. The molecule has 2 fully saturated rings. The normalized spacial score (nSPS) is 24.9. The Labute approximate surface area is 121 Å². The molecule has 2 aliphatic rings. The van der Waals surface area contributed by atoms with Gasteiger partial charge in [0.05, 0.1) is 6.04 Å². The second-order valence-corrected chi connectivity index (χ2v) is 7.36. The smallest absolute Gasteiger partial charge is 0.282 e. The van der Waals surface area contributed by atoms with Crippen LogP contribution in [-0.2, 0) is 10.2 Å². The Bertz CT molecular complexity index is 439. The lowest BCUT2D eigenvalue weighted by Crippen LogP contribution is -2.56. The molecule has 2 heterocycles. The first-order valence-corrected chi connectivity index (χ1v) is 8.69. The van der Waals surface area contributed by atoms with Crippen LogP contribution in [0, 0.1) is 5.41 Å². The topological polar surface area (TPSA) is 93.7 Å². The van der Waals surface area contributed by atoms with E-state index in [1.54, 1.807) is 8.61 Å². The number of hydrogen-bond donors (Lipinski definition) is 2. The highest BCUT2D eigenvalue weighted by molar-refractivity contribution is 7.86. The quantitative estimate of drug-likeness (QED) is 0.537. The number of rotatable bonds is 5. The van der Waals surface area contributed by atoms with E-state index in [9.17, 15) is 8.42 Å².